The first-order valence-electron chi connectivity index (χ1n) is 9.99. The van der Waals surface area contributed by atoms with Gasteiger partial charge in [0.2, 0.25) is 0 Å². The number of carboxylic acid groups (broad SMARTS) is 2. The molecule has 2 aromatic rings. The summed E-state index contributed by atoms with van der Waals surface area (Å²) in [5.41, 5.74) is 4.06. The van der Waals surface area contributed by atoms with Gasteiger partial charge in [0.1, 0.15) is 11.5 Å². The molecule has 8 heteroatoms. The van der Waals surface area contributed by atoms with Gasteiger partial charge in [-0.25, -0.2) is 9.59 Å². The van der Waals surface area contributed by atoms with Crippen molar-refractivity contribution in [1.29, 1.82) is 0 Å². The zero-order valence-corrected chi connectivity index (χ0v) is 18.2. The molecule has 0 spiro atoms. The van der Waals surface area contributed by atoms with Gasteiger partial charge in [0.15, 0.2) is 0 Å². The van der Waals surface area contributed by atoms with Gasteiger partial charge >= 0.3 is 11.9 Å². The average Bonchev–Trinajstić information content (AvgIpc) is 2.76. The smallest absolute Gasteiger partial charge is 0.414 e. The number of hydrogen-bond donors (Lipinski definition) is 2. The standard InChI is InChI=1S/C21H28N2O2.C2H2O4/c1-17-6-4-5-7-19(17)16-23-10-8-22(9-11-23)15-18-12-20(24-2)14-21(13-18)25-3;3-1(4)2(5)6/h4-7,12-14H,8-11,15-16H2,1-3H3;(H,3,4)(H,5,6). The van der Waals surface area contributed by atoms with Gasteiger partial charge in [0.25, 0.3) is 0 Å². The van der Waals surface area contributed by atoms with Crippen LogP contribution in [0.4, 0.5) is 0 Å². The summed E-state index contributed by atoms with van der Waals surface area (Å²) in [7, 11) is 3.39. The SMILES string of the molecule is COc1cc(CN2CCN(Cc3ccccc3C)CC2)cc(OC)c1.O=C(O)C(=O)O. The van der Waals surface area contributed by atoms with Crippen molar-refractivity contribution in [3.8, 4) is 11.5 Å². The fourth-order valence-corrected chi connectivity index (χ4v) is 3.35. The number of carbonyl (C=O) groups is 2. The Morgan fingerprint density at radius 2 is 1.32 bits per heavy atom. The first-order valence-corrected chi connectivity index (χ1v) is 9.99. The normalized spacial score (nSPS) is 14.3. The van der Waals surface area contributed by atoms with Gasteiger partial charge in [0.05, 0.1) is 14.2 Å². The maximum Gasteiger partial charge on any atom is 0.414 e. The van der Waals surface area contributed by atoms with Crippen LogP contribution < -0.4 is 9.47 Å². The number of piperazine rings is 1. The maximum atomic E-state index is 9.10. The second-order valence-electron chi connectivity index (χ2n) is 7.31. The van der Waals surface area contributed by atoms with E-state index in [2.05, 4.69) is 53.1 Å². The number of nitrogens with zero attached hydrogens (tertiary/aromatic N) is 2. The number of methoxy groups -OCH3 is 2. The minimum atomic E-state index is -1.82. The molecule has 0 aromatic heterocycles. The summed E-state index contributed by atoms with van der Waals surface area (Å²) < 4.78 is 10.7. The Morgan fingerprint density at radius 1 is 0.839 bits per heavy atom. The van der Waals surface area contributed by atoms with Crippen LogP contribution in [0.3, 0.4) is 0 Å². The predicted octanol–water partition coefficient (Wildman–Crippen LogP) is 2.49. The highest BCUT2D eigenvalue weighted by Gasteiger charge is 2.18. The van der Waals surface area contributed by atoms with Crippen LogP contribution in [-0.4, -0.2) is 72.4 Å². The molecule has 2 aromatic carbocycles. The quantitative estimate of drug-likeness (QED) is 0.675. The van der Waals surface area contributed by atoms with Crippen molar-refractivity contribution in [1.82, 2.24) is 9.80 Å². The molecule has 3 rings (SSSR count). The minimum Gasteiger partial charge on any atom is -0.497 e. The van der Waals surface area contributed by atoms with E-state index in [1.54, 1.807) is 14.2 Å². The van der Waals surface area contributed by atoms with Gasteiger partial charge in [-0.2, -0.15) is 0 Å². The largest absolute Gasteiger partial charge is 0.497 e. The van der Waals surface area contributed by atoms with E-state index in [0.717, 1.165) is 50.8 Å². The average molecular weight is 431 g/mol. The third-order valence-electron chi connectivity index (χ3n) is 5.12. The van der Waals surface area contributed by atoms with Gasteiger partial charge in [-0.1, -0.05) is 24.3 Å². The van der Waals surface area contributed by atoms with Crippen LogP contribution in [0.15, 0.2) is 42.5 Å². The third-order valence-corrected chi connectivity index (χ3v) is 5.12. The molecule has 1 aliphatic heterocycles. The molecule has 168 valence electrons. The molecule has 1 fully saturated rings. The Morgan fingerprint density at radius 3 is 1.77 bits per heavy atom. The molecule has 0 amide bonds. The van der Waals surface area contributed by atoms with Crippen molar-refractivity contribution in [2.75, 3.05) is 40.4 Å². The molecule has 0 bridgehead atoms. The van der Waals surface area contributed by atoms with Crippen LogP contribution in [-0.2, 0) is 22.7 Å². The molecule has 0 atom stereocenters. The highest BCUT2D eigenvalue weighted by atomic mass is 16.5. The molecule has 1 heterocycles. The number of aryl methyl sites for hydroxylation is 1. The van der Waals surface area contributed by atoms with E-state index in [-0.39, 0.29) is 0 Å². The van der Waals surface area contributed by atoms with E-state index in [1.807, 2.05) is 6.07 Å². The van der Waals surface area contributed by atoms with Gasteiger partial charge < -0.3 is 19.7 Å². The number of rotatable bonds is 6. The minimum absolute atomic E-state index is 0.854. The van der Waals surface area contributed by atoms with Crippen LogP contribution in [0.2, 0.25) is 0 Å². The van der Waals surface area contributed by atoms with Crippen molar-refractivity contribution in [2.45, 2.75) is 20.0 Å². The van der Waals surface area contributed by atoms with Crippen molar-refractivity contribution < 1.29 is 29.3 Å². The molecular formula is C23H30N2O6. The van der Waals surface area contributed by atoms with E-state index in [0.29, 0.717) is 0 Å². The fraction of sp³-hybridized carbons (Fsp3) is 0.391. The molecule has 0 saturated carbocycles. The zero-order chi connectivity index (χ0) is 22.8. The Kier molecular flexibility index (Phi) is 9.30. The summed E-state index contributed by atoms with van der Waals surface area (Å²) >= 11 is 0. The highest BCUT2D eigenvalue weighted by molar-refractivity contribution is 6.27. The van der Waals surface area contributed by atoms with E-state index >= 15 is 0 Å². The highest BCUT2D eigenvalue weighted by Crippen LogP contribution is 2.24. The molecule has 2 N–H and O–H groups in total. The van der Waals surface area contributed by atoms with Crippen LogP contribution in [0.1, 0.15) is 16.7 Å². The van der Waals surface area contributed by atoms with Crippen LogP contribution >= 0.6 is 0 Å². The van der Waals surface area contributed by atoms with Crippen molar-refractivity contribution >= 4 is 11.9 Å². The monoisotopic (exact) mass is 430 g/mol. The van der Waals surface area contributed by atoms with Gasteiger partial charge in [-0.05, 0) is 35.7 Å². The lowest BCUT2D eigenvalue weighted by molar-refractivity contribution is -0.159. The van der Waals surface area contributed by atoms with Crippen LogP contribution in [0, 0.1) is 6.92 Å². The number of hydrogen-bond acceptors (Lipinski definition) is 6. The van der Waals surface area contributed by atoms with Crippen molar-refractivity contribution in [2.24, 2.45) is 0 Å². The molecule has 1 aliphatic rings. The van der Waals surface area contributed by atoms with Gasteiger partial charge in [-0.15, -0.1) is 0 Å². The molecular weight excluding hydrogens is 400 g/mol. The summed E-state index contributed by atoms with van der Waals surface area (Å²) in [6.07, 6.45) is 0. The Labute approximate surface area is 182 Å². The lowest BCUT2D eigenvalue weighted by Crippen LogP contribution is -2.45. The summed E-state index contributed by atoms with van der Waals surface area (Å²) in [5.74, 6) is -1.94. The van der Waals surface area contributed by atoms with Gasteiger partial charge in [-0.3, -0.25) is 9.80 Å². The second-order valence-corrected chi connectivity index (χ2v) is 7.31. The second kappa shape index (κ2) is 11.9. The van der Waals surface area contributed by atoms with Gasteiger partial charge in [0, 0.05) is 45.3 Å². The summed E-state index contributed by atoms with van der Waals surface area (Å²) in [5, 5.41) is 14.8. The van der Waals surface area contributed by atoms with Crippen LogP contribution in [0.25, 0.3) is 0 Å². The molecule has 0 radical (unpaired) electrons. The molecule has 0 aliphatic carbocycles. The van der Waals surface area contributed by atoms with E-state index in [9.17, 15) is 0 Å². The molecule has 0 unspecified atom stereocenters. The maximum absolute atomic E-state index is 9.10. The number of benzene rings is 2. The lowest BCUT2D eigenvalue weighted by Gasteiger charge is -2.35. The third kappa shape index (κ3) is 7.92. The van der Waals surface area contributed by atoms with E-state index in [1.165, 1.54) is 16.7 Å². The van der Waals surface area contributed by atoms with Crippen molar-refractivity contribution in [3.05, 3.63) is 59.2 Å². The summed E-state index contributed by atoms with van der Waals surface area (Å²) in [6.45, 7) is 8.57. The predicted molar refractivity (Wildman–Crippen MR) is 117 cm³/mol. The lowest BCUT2D eigenvalue weighted by atomic mass is 10.1. The Bertz CT molecular complexity index is 844. The fourth-order valence-electron chi connectivity index (χ4n) is 3.35. The van der Waals surface area contributed by atoms with E-state index in [4.69, 9.17) is 29.3 Å². The summed E-state index contributed by atoms with van der Waals surface area (Å²) in [4.78, 5) is 23.2. The summed E-state index contributed by atoms with van der Waals surface area (Å²) in [6, 6.07) is 14.8. The van der Waals surface area contributed by atoms with Crippen molar-refractivity contribution in [3.63, 3.8) is 0 Å². The molecule has 8 nitrogen and oxygen atoms in total. The number of carboxylic acids is 2. The number of ether oxygens (including phenoxy) is 2. The Hall–Kier alpha value is -3.10. The molecule has 31 heavy (non-hydrogen) atoms. The van der Waals surface area contributed by atoms with Crippen LogP contribution in [0.5, 0.6) is 11.5 Å². The van der Waals surface area contributed by atoms with E-state index < -0.39 is 11.9 Å². The Balaban J connectivity index is 0.000000501. The number of aliphatic carboxylic acids is 2. The first kappa shape index (κ1) is 24.2. The first-order chi connectivity index (χ1) is 14.8. The topological polar surface area (TPSA) is 99.5 Å². The zero-order valence-electron chi connectivity index (χ0n) is 18.2. The molecule has 1 saturated heterocycles.